The first-order chi connectivity index (χ1) is 10.6. The van der Waals surface area contributed by atoms with Crippen LogP contribution in [-0.4, -0.2) is 43.1 Å². The lowest BCUT2D eigenvalue weighted by atomic mass is 10.0. The Balaban J connectivity index is 1.71. The Hall–Kier alpha value is -1.46. The topological polar surface area (TPSA) is 67.6 Å². The van der Waals surface area contributed by atoms with Gasteiger partial charge < -0.3 is 15.8 Å². The summed E-state index contributed by atoms with van der Waals surface area (Å²) < 4.78 is 5.25. The molecule has 2 aliphatic heterocycles. The third-order valence-corrected chi connectivity index (χ3v) is 4.99. The Kier molecular flexibility index (Phi) is 4.45. The maximum Gasteiger partial charge on any atom is 0.255 e. The molecule has 1 aromatic rings. The van der Waals surface area contributed by atoms with Gasteiger partial charge >= 0.3 is 0 Å². The van der Waals surface area contributed by atoms with Gasteiger partial charge in [-0.15, -0.1) is 0 Å². The zero-order valence-electron chi connectivity index (χ0n) is 12.8. The number of anilines is 1. The summed E-state index contributed by atoms with van der Waals surface area (Å²) in [6.07, 6.45) is 4.82. The van der Waals surface area contributed by atoms with Crippen molar-refractivity contribution in [3.63, 3.8) is 0 Å². The average molecular weight is 324 g/mol. The molecule has 2 aliphatic rings. The Morgan fingerprint density at radius 2 is 2.27 bits per heavy atom. The molecule has 2 heterocycles. The quantitative estimate of drug-likeness (QED) is 0.837. The van der Waals surface area contributed by atoms with Crippen molar-refractivity contribution in [2.24, 2.45) is 0 Å². The van der Waals surface area contributed by atoms with E-state index in [1.165, 1.54) is 26.4 Å². The molecule has 0 aromatic heterocycles. The Morgan fingerprint density at radius 1 is 1.45 bits per heavy atom. The number of nitrogens with two attached hydrogens (primary N) is 1. The van der Waals surface area contributed by atoms with Gasteiger partial charge in [0, 0.05) is 24.7 Å². The van der Waals surface area contributed by atoms with Crippen LogP contribution in [-0.2, 0) is 0 Å². The molecule has 6 heteroatoms. The van der Waals surface area contributed by atoms with Crippen molar-refractivity contribution in [3.8, 4) is 5.75 Å². The van der Waals surface area contributed by atoms with Crippen molar-refractivity contribution in [2.45, 2.75) is 37.8 Å². The lowest BCUT2D eigenvalue weighted by Gasteiger charge is -2.28. The molecule has 0 aliphatic carbocycles. The van der Waals surface area contributed by atoms with Crippen molar-refractivity contribution in [2.75, 3.05) is 25.9 Å². The standard InChI is InChI=1S/C16H22ClN3O2/c1-22-15-8-14(18)13(17)7-12(15)16(21)19-10-6-11-4-2-3-5-20(11)9-10/h7-8,10-11H,2-6,9,18H2,1H3,(H,19,21). The number of hydrogen-bond donors (Lipinski definition) is 2. The number of nitrogen functional groups attached to an aromatic ring is 1. The second kappa shape index (κ2) is 6.34. The van der Waals surface area contributed by atoms with Gasteiger partial charge in [-0.2, -0.15) is 0 Å². The molecule has 0 bridgehead atoms. The lowest BCUT2D eigenvalue weighted by Crippen LogP contribution is -2.38. The molecule has 2 fully saturated rings. The molecule has 0 spiro atoms. The fraction of sp³-hybridized carbons (Fsp3) is 0.562. The number of ether oxygens (including phenoxy) is 1. The summed E-state index contributed by atoms with van der Waals surface area (Å²) in [4.78, 5) is 15.0. The lowest BCUT2D eigenvalue weighted by molar-refractivity contribution is 0.0934. The maximum absolute atomic E-state index is 12.5. The fourth-order valence-electron chi connectivity index (χ4n) is 3.54. The number of methoxy groups -OCH3 is 1. The number of amides is 1. The van der Waals surface area contributed by atoms with Gasteiger partial charge in [0.05, 0.1) is 23.4 Å². The van der Waals surface area contributed by atoms with Crippen LogP contribution in [0.2, 0.25) is 5.02 Å². The molecule has 3 rings (SSSR count). The van der Waals surface area contributed by atoms with Gasteiger partial charge in [0.25, 0.3) is 5.91 Å². The van der Waals surface area contributed by atoms with Gasteiger partial charge in [-0.3, -0.25) is 9.69 Å². The van der Waals surface area contributed by atoms with E-state index in [2.05, 4.69) is 10.2 Å². The largest absolute Gasteiger partial charge is 0.496 e. The highest BCUT2D eigenvalue weighted by molar-refractivity contribution is 6.33. The van der Waals surface area contributed by atoms with Gasteiger partial charge in [0.15, 0.2) is 0 Å². The maximum atomic E-state index is 12.5. The van der Waals surface area contributed by atoms with E-state index in [1.54, 1.807) is 12.1 Å². The van der Waals surface area contributed by atoms with E-state index >= 15 is 0 Å². The van der Waals surface area contributed by atoms with Crippen LogP contribution < -0.4 is 15.8 Å². The summed E-state index contributed by atoms with van der Waals surface area (Å²) in [6.45, 7) is 2.08. The minimum absolute atomic E-state index is 0.149. The molecule has 1 amide bonds. The van der Waals surface area contributed by atoms with E-state index in [0.717, 1.165) is 19.5 Å². The summed E-state index contributed by atoms with van der Waals surface area (Å²) in [5, 5.41) is 3.48. The van der Waals surface area contributed by atoms with Gasteiger partial charge in [-0.05, 0) is 31.9 Å². The fourth-order valence-corrected chi connectivity index (χ4v) is 3.70. The van der Waals surface area contributed by atoms with E-state index in [9.17, 15) is 4.79 Å². The van der Waals surface area contributed by atoms with E-state index in [4.69, 9.17) is 22.1 Å². The number of piperidine rings is 1. The number of nitrogens with zero attached hydrogens (tertiary/aromatic N) is 1. The van der Waals surface area contributed by atoms with E-state index in [-0.39, 0.29) is 11.9 Å². The van der Waals surface area contributed by atoms with Crippen LogP contribution in [0.3, 0.4) is 0 Å². The first-order valence-corrected chi connectivity index (χ1v) is 8.14. The molecule has 5 nitrogen and oxygen atoms in total. The number of hydrogen-bond acceptors (Lipinski definition) is 4. The summed E-state index contributed by atoms with van der Waals surface area (Å²) in [7, 11) is 1.52. The SMILES string of the molecule is COc1cc(N)c(Cl)cc1C(=O)NC1CC2CCCCN2C1. The predicted molar refractivity (Wildman–Crippen MR) is 87.5 cm³/mol. The van der Waals surface area contributed by atoms with Crippen molar-refractivity contribution in [3.05, 3.63) is 22.7 Å². The third-order valence-electron chi connectivity index (χ3n) is 4.66. The zero-order chi connectivity index (χ0) is 15.7. The van der Waals surface area contributed by atoms with Gasteiger partial charge in [0.1, 0.15) is 5.75 Å². The monoisotopic (exact) mass is 323 g/mol. The summed E-state index contributed by atoms with van der Waals surface area (Å²) in [6, 6.07) is 3.98. The summed E-state index contributed by atoms with van der Waals surface area (Å²) >= 11 is 6.03. The van der Waals surface area contributed by atoms with Crippen LogP contribution in [0.1, 0.15) is 36.0 Å². The minimum Gasteiger partial charge on any atom is -0.496 e. The molecule has 2 saturated heterocycles. The van der Waals surface area contributed by atoms with Crippen molar-refractivity contribution in [1.29, 1.82) is 0 Å². The molecule has 22 heavy (non-hydrogen) atoms. The van der Waals surface area contributed by atoms with Crippen molar-refractivity contribution < 1.29 is 9.53 Å². The molecular weight excluding hydrogens is 302 g/mol. The number of fused-ring (bicyclic) bond motifs is 1. The first-order valence-electron chi connectivity index (χ1n) is 7.76. The van der Waals surface area contributed by atoms with Crippen molar-refractivity contribution in [1.82, 2.24) is 10.2 Å². The van der Waals surface area contributed by atoms with E-state index < -0.39 is 0 Å². The van der Waals surface area contributed by atoms with Crippen LogP contribution in [0.5, 0.6) is 5.75 Å². The highest BCUT2D eigenvalue weighted by atomic mass is 35.5. The predicted octanol–water partition coefficient (Wildman–Crippen LogP) is 2.29. The van der Waals surface area contributed by atoms with Crippen LogP contribution in [0.4, 0.5) is 5.69 Å². The number of carbonyl (C=O) groups is 1. The molecule has 0 radical (unpaired) electrons. The molecule has 0 saturated carbocycles. The molecule has 120 valence electrons. The van der Waals surface area contributed by atoms with Crippen LogP contribution in [0, 0.1) is 0 Å². The molecule has 2 unspecified atom stereocenters. The van der Waals surface area contributed by atoms with E-state index in [0.29, 0.717) is 28.1 Å². The average Bonchev–Trinajstić information content (AvgIpc) is 2.91. The highest BCUT2D eigenvalue weighted by Gasteiger charge is 2.34. The van der Waals surface area contributed by atoms with Crippen LogP contribution >= 0.6 is 11.6 Å². The number of benzene rings is 1. The normalized spacial score (nSPS) is 24.8. The van der Waals surface area contributed by atoms with Crippen LogP contribution in [0.25, 0.3) is 0 Å². The summed E-state index contributed by atoms with van der Waals surface area (Å²) in [5.74, 6) is 0.304. The Labute approximate surface area is 135 Å². The second-order valence-corrected chi connectivity index (χ2v) is 6.53. The second-order valence-electron chi connectivity index (χ2n) is 6.12. The number of nitrogens with one attached hydrogen (secondary N) is 1. The van der Waals surface area contributed by atoms with Crippen LogP contribution in [0.15, 0.2) is 12.1 Å². The smallest absolute Gasteiger partial charge is 0.255 e. The van der Waals surface area contributed by atoms with Crippen molar-refractivity contribution >= 4 is 23.2 Å². The van der Waals surface area contributed by atoms with Gasteiger partial charge in [-0.25, -0.2) is 0 Å². The molecule has 2 atom stereocenters. The minimum atomic E-state index is -0.149. The highest BCUT2D eigenvalue weighted by Crippen LogP contribution is 2.30. The molecule has 3 N–H and O–H groups in total. The number of halogens is 1. The third kappa shape index (κ3) is 3.01. The van der Waals surface area contributed by atoms with Gasteiger partial charge in [0.2, 0.25) is 0 Å². The van der Waals surface area contributed by atoms with E-state index in [1.807, 2.05) is 0 Å². The molecular formula is C16H22ClN3O2. The van der Waals surface area contributed by atoms with Gasteiger partial charge in [-0.1, -0.05) is 18.0 Å². The number of rotatable bonds is 3. The Morgan fingerprint density at radius 3 is 3.00 bits per heavy atom. The summed E-state index contributed by atoms with van der Waals surface area (Å²) in [5.41, 5.74) is 6.60. The zero-order valence-corrected chi connectivity index (χ0v) is 13.5. The Bertz CT molecular complexity index is 565. The number of carbonyl (C=O) groups excluding carboxylic acids is 1. The first kappa shape index (κ1) is 15.4. The molecule has 1 aromatic carbocycles.